The summed E-state index contributed by atoms with van der Waals surface area (Å²) in [4.78, 5) is 16.5. The Morgan fingerprint density at radius 2 is 1.95 bits per heavy atom. The Kier molecular flexibility index (Phi) is 10.9. The van der Waals surface area contributed by atoms with Crippen LogP contribution in [-0.2, 0) is 22.7 Å². The fraction of sp³-hybridized carbons (Fsp3) is 0.259. The van der Waals surface area contributed by atoms with Crippen molar-refractivity contribution in [3.8, 4) is 23.4 Å². The number of benzene rings is 2. The number of aromatic nitrogens is 1. The number of methoxy groups -OCH3 is 1. The molecule has 1 N–H and O–H groups in total. The number of hydrogen-bond donors (Lipinski definition) is 1. The summed E-state index contributed by atoms with van der Waals surface area (Å²) in [6.45, 7) is 4.25. The van der Waals surface area contributed by atoms with Gasteiger partial charge in [0.15, 0.2) is 18.1 Å². The third kappa shape index (κ3) is 8.18. The van der Waals surface area contributed by atoms with Gasteiger partial charge in [0.1, 0.15) is 18.2 Å². The summed E-state index contributed by atoms with van der Waals surface area (Å²) in [7, 11) is 1.53. The Balaban J connectivity index is 1.63. The lowest BCUT2D eigenvalue weighted by Gasteiger charge is -2.14. The van der Waals surface area contributed by atoms with Crippen LogP contribution in [0.4, 0.5) is 0 Å². The van der Waals surface area contributed by atoms with Gasteiger partial charge in [-0.2, -0.15) is 10.4 Å². The standard InChI is InChI=1S/C27H26BrClN4O5/c1-4-36-24-11-19(10-23(28)26(24)37-14-18-5-7-21(29)8-6-18)13-31-33-25(34)16-38-27-22(12-30)20(15-35-3)9-17(2)32-27/h5-11,13H,4,14-16H2,1-3H3,(H,33,34). The van der Waals surface area contributed by atoms with Crippen LogP contribution in [0.2, 0.25) is 5.02 Å². The van der Waals surface area contributed by atoms with Gasteiger partial charge in [-0.3, -0.25) is 4.79 Å². The Labute approximate surface area is 234 Å². The number of pyridine rings is 1. The van der Waals surface area contributed by atoms with Crippen LogP contribution in [0.5, 0.6) is 17.4 Å². The second kappa shape index (κ2) is 14.3. The molecule has 0 spiro atoms. The van der Waals surface area contributed by atoms with Gasteiger partial charge in [-0.1, -0.05) is 23.7 Å². The highest BCUT2D eigenvalue weighted by molar-refractivity contribution is 9.10. The van der Waals surface area contributed by atoms with E-state index >= 15 is 0 Å². The van der Waals surface area contributed by atoms with E-state index in [0.717, 1.165) is 5.56 Å². The average Bonchev–Trinajstić information content (AvgIpc) is 2.88. The Morgan fingerprint density at radius 3 is 2.63 bits per heavy atom. The smallest absolute Gasteiger partial charge is 0.278 e. The van der Waals surface area contributed by atoms with Crippen molar-refractivity contribution in [1.82, 2.24) is 10.4 Å². The van der Waals surface area contributed by atoms with E-state index in [1.54, 1.807) is 37.3 Å². The van der Waals surface area contributed by atoms with E-state index < -0.39 is 5.91 Å². The Morgan fingerprint density at radius 1 is 1.18 bits per heavy atom. The van der Waals surface area contributed by atoms with E-state index in [1.807, 2.05) is 25.1 Å². The van der Waals surface area contributed by atoms with Crippen molar-refractivity contribution < 1.29 is 23.7 Å². The first-order valence-electron chi connectivity index (χ1n) is 11.5. The fourth-order valence-electron chi connectivity index (χ4n) is 3.35. The Hall–Kier alpha value is -3.65. The molecule has 38 heavy (non-hydrogen) atoms. The molecule has 3 aromatic rings. The fourth-order valence-corrected chi connectivity index (χ4v) is 4.05. The molecule has 0 aliphatic rings. The molecule has 198 valence electrons. The van der Waals surface area contributed by atoms with Crippen molar-refractivity contribution in [2.75, 3.05) is 20.3 Å². The predicted molar refractivity (Wildman–Crippen MR) is 147 cm³/mol. The molecule has 0 radical (unpaired) electrons. The zero-order valence-electron chi connectivity index (χ0n) is 21.1. The number of ether oxygens (including phenoxy) is 4. The molecule has 0 saturated carbocycles. The summed E-state index contributed by atoms with van der Waals surface area (Å²) in [5.74, 6) is 0.614. The third-order valence-electron chi connectivity index (χ3n) is 4.98. The van der Waals surface area contributed by atoms with E-state index in [9.17, 15) is 10.1 Å². The molecule has 0 saturated heterocycles. The van der Waals surface area contributed by atoms with Crippen molar-refractivity contribution in [3.05, 3.63) is 79.9 Å². The lowest BCUT2D eigenvalue weighted by molar-refractivity contribution is -0.123. The lowest BCUT2D eigenvalue weighted by Crippen LogP contribution is -2.25. The number of nitriles is 1. The van der Waals surface area contributed by atoms with Crippen LogP contribution >= 0.6 is 27.5 Å². The van der Waals surface area contributed by atoms with Crippen molar-refractivity contribution >= 4 is 39.7 Å². The van der Waals surface area contributed by atoms with Crippen LogP contribution in [0.25, 0.3) is 0 Å². The largest absolute Gasteiger partial charge is 0.490 e. The SMILES string of the molecule is CCOc1cc(C=NNC(=O)COc2nc(C)cc(COC)c2C#N)cc(Br)c1OCc1ccc(Cl)cc1. The maximum absolute atomic E-state index is 12.3. The molecule has 0 aliphatic heterocycles. The molecule has 1 heterocycles. The van der Waals surface area contributed by atoms with Crippen LogP contribution in [0.15, 0.2) is 52.0 Å². The van der Waals surface area contributed by atoms with Gasteiger partial charge >= 0.3 is 0 Å². The Bertz CT molecular complexity index is 1340. The molecule has 11 heteroatoms. The molecule has 2 aromatic carbocycles. The maximum Gasteiger partial charge on any atom is 0.278 e. The van der Waals surface area contributed by atoms with Crippen LogP contribution in [0.3, 0.4) is 0 Å². The molecule has 0 unspecified atom stereocenters. The number of carbonyl (C=O) groups excluding carboxylic acids is 1. The van der Waals surface area contributed by atoms with Gasteiger partial charge in [0.05, 0.1) is 23.9 Å². The van der Waals surface area contributed by atoms with Gasteiger partial charge in [0.2, 0.25) is 5.88 Å². The van der Waals surface area contributed by atoms with Gasteiger partial charge in [0.25, 0.3) is 5.91 Å². The highest BCUT2D eigenvalue weighted by Crippen LogP contribution is 2.37. The third-order valence-corrected chi connectivity index (χ3v) is 5.82. The molecular formula is C27H26BrClN4O5. The predicted octanol–water partition coefficient (Wildman–Crippen LogP) is 5.33. The summed E-state index contributed by atoms with van der Waals surface area (Å²) < 4.78 is 23.0. The van der Waals surface area contributed by atoms with Crippen LogP contribution in [0.1, 0.15) is 34.9 Å². The van der Waals surface area contributed by atoms with Gasteiger partial charge in [0, 0.05) is 23.4 Å². The van der Waals surface area contributed by atoms with Gasteiger partial charge in [-0.15, -0.1) is 0 Å². The van der Waals surface area contributed by atoms with E-state index in [-0.39, 0.29) is 24.7 Å². The molecule has 0 atom stereocenters. The molecule has 1 aromatic heterocycles. The number of aryl methyl sites for hydroxylation is 1. The summed E-state index contributed by atoms with van der Waals surface area (Å²) in [6.07, 6.45) is 1.47. The van der Waals surface area contributed by atoms with Crippen molar-refractivity contribution in [2.24, 2.45) is 5.10 Å². The van der Waals surface area contributed by atoms with E-state index in [1.165, 1.54) is 13.3 Å². The second-order valence-corrected chi connectivity index (χ2v) is 9.20. The van der Waals surface area contributed by atoms with Gasteiger partial charge in [-0.25, -0.2) is 10.4 Å². The molecule has 0 aliphatic carbocycles. The number of amides is 1. The number of rotatable bonds is 12. The van der Waals surface area contributed by atoms with Crippen molar-refractivity contribution in [3.63, 3.8) is 0 Å². The molecule has 1 amide bonds. The van der Waals surface area contributed by atoms with Gasteiger partial charge < -0.3 is 18.9 Å². The topological polar surface area (TPSA) is 115 Å². The van der Waals surface area contributed by atoms with Gasteiger partial charge in [-0.05, 0) is 71.2 Å². The molecule has 3 rings (SSSR count). The minimum atomic E-state index is -0.520. The van der Waals surface area contributed by atoms with E-state index in [0.29, 0.717) is 51.0 Å². The van der Waals surface area contributed by atoms with Crippen LogP contribution < -0.4 is 19.6 Å². The minimum Gasteiger partial charge on any atom is -0.490 e. The molecule has 9 nitrogen and oxygen atoms in total. The van der Waals surface area contributed by atoms with Crippen molar-refractivity contribution in [1.29, 1.82) is 5.26 Å². The number of halogens is 2. The monoisotopic (exact) mass is 600 g/mol. The molecule has 0 bridgehead atoms. The summed E-state index contributed by atoms with van der Waals surface area (Å²) in [5, 5.41) is 14.1. The number of nitrogens with one attached hydrogen (secondary N) is 1. The maximum atomic E-state index is 12.3. The first-order valence-corrected chi connectivity index (χ1v) is 12.7. The normalized spacial score (nSPS) is 10.7. The summed E-state index contributed by atoms with van der Waals surface area (Å²) in [6, 6.07) is 14.7. The molecule has 0 fully saturated rings. The summed E-state index contributed by atoms with van der Waals surface area (Å²) in [5.41, 5.74) is 5.52. The average molecular weight is 602 g/mol. The summed E-state index contributed by atoms with van der Waals surface area (Å²) >= 11 is 9.47. The molecular weight excluding hydrogens is 576 g/mol. The number of carbonyl (C=O) groups is 1. The number of hydrazone groups is 1. The second-order valence-electron chi connectivity index (χ2n) is 7.91. The number of nitrogens with zero attached hydrogens (tertiary/aromatic N) is 3. The first kappa shape index (κ1) is 28.9. The quantitative estimate of drug-likeness (QED) is 0.220. The minimum absolute atomic E-state index is 0.0677. The van der Waals surface area contributed by atoms with E-state index in [2.05, 4.69) is 31.4 Å². The highest BCUT2D eigenvalue weighted by Gasteiger charge is 2.15. The lowest BCUT2D eigenvalue weighted by atomic mass is 10.1. The van der Waals surface area contributed by atoms with Crippen molar-refractivity contribution in [2.45, 2.75) is 27.1 Å². The first-order chi connectivity index (χ1) is 18.3. The van der Waals surface area contributed by atoms with Crippen LogP contribution in [-0.4, -0.2) is 37.4 Å². The highest BCUT2D eigenvalue weighted by atomic mass is 79.9. The number of hydrogen-bond acceptors (Lipinski definition) is 8. The van der Waals surface area contributed by atoms with E-state index in [4.69, 9.17) is 30.5 Å². The zero-order chi connectivity index (χ0) is 27.5. The zero-order valence-corrected chi connectivity index (χ0v) is 23.4. The van der Waals surface area contributed by atoms with Crippen LogP contribution in [0, 0.1) is 18.3 Å².